The summed E-state index contributed by atoms with van der Waals surface area (Å²) >= 11 is 3.54. The van der Waals surface area contributed by atoms with Gasteiger partial charge in [0.1, 0.15) is 18.1 Å². The first-order valence-electron chi connectivity index (χ1n) is 6.57. The van der Waals surface area contributed by atoms with Crippen LogP contribution in [0.25, 0.3) is 0 Å². The number of hydrogen-bond donors (Lipinski definition) is 0. The number of ether oxygens (including phenoxy) is 2. The van der Waals surface area contributed by atoms with Crippen LogP contribution in [0, 0.1) is 0 Å². The van der Waals surface area contributed by atoms with Crippen molar-refractivity contribution in [3.8, 4) is 11.5 Å². The summed E-state index contributed by atoms with van der Waals surface area (Å²) in [5, 5.41) is 4.41. The average Bonchev–Trinajstić information content (AvgIpc) is 2.79. The Kier molecular flexibility index (Phi) is 5.01. The first-order chi connectivity index (χ1) is 10.1. The summed E-state index contributed by atoms with van der Waals surface area (Å²) < 4.78 is 13.6. The summed E-state index contributed by atoms with van der Waals surface area (Å²) in [7, 11) is 3.43. The molecule has 0 aliphatic carbocycles. The zero-order chi connectivity index (χ0) is 15.4. The zero-order valence-electron chi connectivity index (χ0n) is 12.2. The van der Waals surface area contributed by atoms with E-state index in [-0.39, 0.29) is 0 Å². The summed E-state index contributed by atoms with van der Waals surface area (Å²) in [6.45, 7) is 2.38. The van der Waals surface area contributed by atoms with Gasteiger partial charge in [0.2, 0.25) is 0 Å². The predicted molar refractivity (Wildman–Crippen MR) is 83.0 cm³/mol. The molecule has 0 spiro atoms. The molecule has 0 aliphatic rings. The van der Waals surface area contributed by atoms with Gasteiger partial charge in [0, 0.05) is 7.05 Å². The third-order valence-corrected chi connectivity index (χ3v) is 4.13. The number of nitrogens with zero attached hydrogens (tertiary/aromatic N) is 2. The van der Waals surface area contributed by atoms with Gasteiger partial charge in [-0.15, -0.1) is 0 Å². The minimum atomic E-state index is 0.331. The number of carbonyl (C=O) groups is 1. The van der Waals surface area contributed by atoms with E-state index in [2.05, 4.69) is 21.0 Å². The summed E-state index contributed by atoms with van der Waals surface area (Å²) in [4.78, 5) is 11.1. The normalized spacial score (nSPS) is 10.5. The molecular formula is C15H17BrN2O3. The van der Waals surface area contributed by atoms with Gasteiger partial charge < -0.3 is 9.47 Å². The summed E-state index contributed by atoms with van der Waals surface area (Å²) in [6.07, 6.45) is 1.60. The molecule has 0 N–H and O–H groups in total. The van der Waals surface area contributed by atoms with Crippen molar-refractivity contribution in [3.63, 3.8) is 0 Å². The number of hydrogen-bond acceptors (Lipinski definition) is 4. The molecule has 0 unspecified atom stereocenters. The maximum atomic E-state index is 11.1. The molecule has 0 saturated heterocycles. The molecule has 2 aromatic rings. The largest absolute Gasteiger partial charge is 0.497 e. The molecule has 0 aliphatic heterocycles. The van der Waals surface area contributed by atoms with E-state index < -0.39 is 0 Å². The van der Waals surface area contributed by atoms with E-state index in [0.717, 1.165) is 28.6 Å². The molecule has 0 radical (unpaired) electrons. The fourth-order valence-electron chi connectivity index (χ4n) is 2.00. The minimum absolute atomic E-state index is 0.331. The molecule has 21 heavy (non-hydrogen) atoms. The standard InChI is InChI=1S/C15H17BrN2O3/c1-4-12-15(16)13(18(2)17-12)9-21-14-6-5-11(20-3)7-10(14)8-19/h5-8H,4,9H2,1-3H3. The maximum Gasteiger partial charge on any atom is 0.153 e. The number of benzene rings is 1. The van der Waals surface area contributed by atoms with Crippen molar-refractivity contribution in [2.75, 3.05) is 7.11 Å². The molecule has 1 aromatic carbocycles. The molecule has 0 saturated carbocycles. The molecule has 1 aromatic heterocycles. The Morgan fingerprint density at radius 3 is 2.76 bits per heavy atom. The van der Waals surface area contributed by atoms with E-state index in [0.29, 0.717) is 23.7 Å². The zero-order valence-corrected chi connectivity index (χ0v) is 13.8. The molecule has 0 atom stereocenters. The quantitative estimate of drug-likeness (QED) is 0.749. The van der Waals surface area contributed by atoms with Crippen LogP contribution < -0.4 is 9.47 Å². The smallest absolute Gasteiger partial charge is 0.153 e. The lowest BCUT2D eigenvalue weighted by Crippen LogP contribution is -2.05. The third kappa shape index (κ3) is 3.26. The molecule has 6 heteroatoms. The lowest BCUT2D eigenvalue weighted by molar-refractivity contribution is 0.111. The molecule has 2 rings (SSSR count). The highest BCUT2D eigenvalue weighted by atomic mass is 79.9. The van der Waals surface area contributed by atoms with Crippen LogP contribution in [-0.4, -0.2) is 23.2 Å². The van der Waals surface area contributed by atoms with Crippen LogP contribution in [0.1, 0.15) is 28.7 Å². The van der Waals surface area contributed by atoms with Crippen LogP contribution >= 0.6 is 15.9 Å². The Balaban J connectivity index is 2.20. The Morgan fingerprint density at radius 1 is 1.43 bits per heavy atom. The van der Waals surface area contributed by atoms with Crippen LogP contribution in [-0.2, 0) is 20.1 Å². The second-order valence-corrected chi connectivity index (χ2v) is 5.29. The topological polar surface area (TPSA) is 53.4 Å². The molecule has 5 nitrogen and oxygen atoms in total. The Labute approximate surface area is 132 Å². The van der Waals surface area contributed by atoms with Gasteiger partial charge in [-0.1, -0.05) is 6.92 Å². The third-order valence-electron chi connectivity index (χ3n) is 3.21. The molecule has 112 valence electrons. The molecule has 0 amide bonds. The first kappa shape index (κ1) is 15.6. The van der Waals surface area contributed by atoms with Crippen molar-refractivity contribution in [2.24, 2.45) is 7.05 Å². The number of aromatic nitrogens is 2. The second-order valence-electron chi connectivity index (χ2n) is 4.49. The number of aryl methyl sites for hydroxylation is 2. The highest BCUT2D eigenvalue weighted by Crippen LogP contribution is 2.26. The van der Waals surface area contributed by atoms with Crippen molar-refractivity contribution in [3.05, 3.63) is 39.6 Å². The number of rotatable bonds is 6. The summed E-state index contributed by atoms with van der Waals surface area (Å²) in [5.41, 5.74) is 2.38. The monoisotopic (exact) mass is 352 g/mol. The number of carbonyl (C=O) groups excluding carboxylic acids is 1. The van der Waals surface area contributed by atoms with Crippen LogP contribution in [0.2, 0.25) is 0 Å². The number of halogens is 1. The van der Waals surface area contributed by atoms with Crippen molar-refractivity contribution in [1.29, 1.82) is 0 Å². The predicted octanol–water partition coefficient (Wildman–Crippen LogP) is 3.15. The summed E-state index contributed by atoms with van der Waals surface area (Å²) in [5.74, 6) is 1.15. The van der Waals surface area contributed by atoms with Crippen molar-refractivity contribution < 1.29 is 14.3 Å². The van der Waals surface area contributed by atoms with Crippen LogP contribution in [0.15, 0.2) is 22.7 Å². The van der Waals surface area contributed by atoms with Gasteiger partial charge in [-0.25, -0.2) is 0 Å². The fraction of sp³-hybridized carbons (Fsp3) is 0.333. The van der Waals surface area contributed by atoms with E-state index in [9.17, 15) is 4.79 Å². The van der Waals surface area contributed by atoms with Gasteiger partial charge in [-0.2, -0.15) is 5.10 Å². The number of aldehydes is 1. The molecule has 0 fully saturated rings. The maximum absolute atomic E-state index is 11.1. The number of methoxy groups -OCH3 is 1. The molecule has 0 bridgehead atoms. The van der Waals surface area contributed by atoms with Crippen molar-refractivity contribution >= 4 is 22.2 Å². The SMILES string of the molecule is CCc1nn(C)c(COc2ccc(OC)cc2C=O)c1Br. The average molecular weight is 353 g/mol. The van der Waals surface area contributed by atoms with Gasteiger partial charge in [-0.05, 0) is 40.5 Å². The van der Waals surface area contributed by atoms with E-state index in [1.807, 2.05) is 14.0 Å². The van der Waals surface area contributed by atoms with Crippen molar-refractivity contribution in [1.82, 2.24) is 9.78 Å². The van der Waals surface area contributed by atoms with Crippen LogP contribution in [0.4, 0.5) is 0 Å². The molecular weight excluding hydrogens is 336 g/mol. The van der Waals surface area contributed by atoms with E-state index >= 15 is 0 Å². The van der Waals surface area contributed by atoms with E-state index in [4.69, 9.17) is 9.47 Å². The highest BCUT2D eigenvalue weighted by Gasteiger charge is 2.14. The van der Waals surface area contributed by atoms with E-state index in [1.54, 1.807) is 30.0 Å². The van der Waals surface area contributed by atoms with Gasteiger partial charge in [0.05, 0.1) is 28.5 Å². The highest BCUT2D eigenvalue weighted by molar-refractivity contribution is 9.10. The van der Waals surface area contributed by atoms with E-state index in [1.165, 1.54) is 0 Å². The van der Waals surface area contributed by atoms with Crippen LogP contribution in [0.5, 0.6) is 11.5 Å². The first-order valence-corrected chi connectivity index (χ1v) is 7.36. The lowest BCUT2D eigenvalue weighted by atomic mass is 10.2. The van der Waals surface area contributed by atoms with Gasteiger partial charge in [-0.3, -0.25) is 9.48 Å². The lowest BCUT2D eigenvalue weighted by Gasteiger charge is -2.10. The minimum Gasteiger partial charge on any atom is -0.497 e. The Hall–Kier alpha value is -1.82. The Morgan fingerprint density at radius 2 is 2.19 bits per heavy atom. The van der Waals surface area contributed by atoms with Gasteiger partial charge in [0.25, 0.3) is 0 Å². The van der Waals surface area contributed by atoms with Gasteiger partial charge in [0.15, 0.2) is 6.29 Å². The van der Waals surface area contributed by atoms with Crippen LogP contribution in [0.3, 0.4) is 0 Å². The molecule has 1 heterocycles. The van der Waals surface area contributed by atoms with Crippen molar-refractivity contribution in [2.45, 2.75) is 20.0 Å². The van der Waals surface area contributed by atoms with Gasteiger partial charge >= 0.3 is 0 Å². The summed E-state index contributed by atoms with van der Waals surface area (Å²) in [6, 6.07) is 5.14. The fourth-order valence-corrected chi connectivity index (χ4v) is 2.73. The second kappa shape index (κ2) is 6.76. The Bertz CT molecular complexity index is 653.